The number of hydrogen-bond donors (Lipinski definition) is 2. The second-order valence-corrected chi connectivity index (χ2v) is 6.22. The van der Waals surface area contributed by atoms with Crippen molar-refractivity contribution in [2.75, 3.05) is 26.2 Å². The fourth-order valence-corrected chi connectivity index (χ4v) is 2.71. The first-order chi connectivity index (χ1) is 12.8. The molecule has 0 bridgehead atoms. The summed E-state index contributed by atoms with van der Waals surface area (Å²) in [5.74, 6) is -0.172. The Morgan fingerprint density at radius 3 is 2.52 bits per heavy atom. The van der Waals surface area contributed by atoms with Crippen molar-refractivity contribution in [3.63, 3.8) is 0 Å². The number of hydrogen-bond acceptors (Lipinski definition) is 4. The highest BCUT2D eigenvalue weighted by Gasteiger charge is 2.29. The average Bonchev–Trinajstić information content (AvgIpc) is 2.65. The molecule has 0 spiro atoms. The van der Waals surface area contributed by atoms with E-state index in [1.165, 1.54) is 12.3 Å². The van der Waals surface area contributed by atoms with Crippen molar-refractivity contribution in [1.82, 2.24) is 20.5 Å². The molecule has 3 amide bonds. The lowest BCUT2D eigenvalue weighted by molar-refractivity contribution is -0.154. The number of aromatic nitrogens is 1. The van der Waals surface area contributed by atoms with Gasteiger partial charge in [-0.15, -0.1) is 0 Å². The van der Waals surface area contributed by atoms with E-state index in [0.717, 1.165) is 0 Å². The largest absolute Gasteiger partial charge is 0.468 e. The summed E-state index contributed by atoms with van der Waals surface area (Å²) >= 11 is 0. The second kappa shape index (κ2) is 9.43. The normalized spacial score (nSPS) is 15.3. The summed E-state index contributed by atoms with van der Waals surface area (Å²) in [7, 11) is 0. The molecule has 2 rings (SSSR count). The molecule has 0 atom stereocenters. The van der Waals surface area contributed by atoms with Crippen LogP contribution in [0.15, 0.2) is 18.3 Å². The van der Waals surface area contributed by atoms with Crippen LogP contribution < -0.4 is 15.4 Å². The van der Waals surface area contributed by atoms with Crippen LogP contribution in [0.3, 0.4) is 0 Å². The Balaban J connectivity index is 1.73. The molecule has 0 aliphatic carbocycles. The maximum atomic E-state index is 12.2. The summed E-state index contributed by atoms with van der Waals surface area (Å²) in [6, 6.07) is 2.62. The highest BCUT2D eigenvalue weighted by atomic mass is 19.4. The van der Waals surface area contributed by atoms with Crippen molar-refractivity contribution in [2.24, 2.45) is 5.92 Å². The van der Waals surface area contributed by atoms with E-state index in [2.05, 4.69) is 20.4 Å². The summed E-state index contributed by atoms with van der Waals surface area (Å²) in [6.07, 6.45) is -1.83. The van der Waals surface area contributed by atoms with E-state index < -0.39 is 12.8 Å². The molecule has 150 valence electrons. The highest BCUT2D eigenvalue weighted by molar-refractivity contribution is 5.79. The Morgan fingerprint density at radius 2 is 1.96 bits per heavy atom. The number of pyridine rings is 1. The molecular formula is C17H23F3N4O3. The molecule has 1 fully saturated rings. The standard InChI is InChI=1S/C17H23F3N4O3/c1-2-21-15(25)13-5-7-24(8-6-13)16(26)23-10-12-3-4-14(22-9-12)27-11-17(18,19)20/h3-4,9,13H,2,5-8,10-11H2,1H3,(H,21,25)(H,23,26). The van der Waals surface area contributed by atoms with Crippen molar-refractivity contribution in [3.8, 4) is 5.88 Å². The molecule has 2 N–H and O–H groups in total. The number of nitrogens with zero attached hydrogens (tertiary/aromatic N) is 2. The third-order valence-electron chi connectivity index (χ3n) is 4.13. The SMILES string of the molecule is CCNC(=O)C1CCN(C(=O)NCc2ccc(OCC(F)(F)F)nc2)CC1. The van der Waals surface area contributed by atoms with E-state index in [1.54, 1.807) is 11.0 Å². The van der Waals surface area contributed by atoms with Gasteiger partial charge < -0.3 is 20.3 Å². The number of rotatable bonds is 6. The fourth-order valence-electron chi connectivity index (χ4n) is 2.71. The number of amides is 3. The topological polar surface area (TPSA) is 83.6 Å². The van der Waals surface area contributed by atoms with E-state index in [4.69, 9.17) is 0 Å². The van der Waals surface area contributed by atoms with Gasteiger partial charge in [-0.2, -0.15) is 13.2 Å². The lowest BCUT2D eigenvalue weighted by atomic mass is 9.96. The molecule has 0 saturated carbocycles. The first-order valence-electron chi connectivity index (χ1n) is 8.73. The number of piperidine rings is 1. The number of urea groups is 1. The van der Waals surface area contributed by atoms with Gasteiger partial charge in [-0.1, -0.05) is 6.07 Å². The zero-order valence-electron chi connectivity index (χ0n) is 15.0. The van der Waals surface area contributed by atoms with E-state index in [-0.39, 0.29) is 30.3 Å². The molecule has 0 unspecified atom stereocenters. The Labute approximate surface area is 155 Å². The molecule has 0 aromatic carbocycles. The molecule has 7 nitrogen and oxygen atoms in total. The average molecular weight is 388 g/mol. The number of ether oxygens (including phenoxy) is 1. The molecule has 1 aliphatic rings. The Kier molecular flexibility index (Phi) is 7.26. The Hall–Kier alpha value is -2.52. The van der Waals surface area contributed by atoms with Crippen LogP contribution in [0.25, 0.3) is 0 Å². The van der Waals surface area contributed by atoms with Gasteiger partial charge >= 0.3 is 12.2 Å². The summed E-state index contributed by atoms with van der Waals surface area (Å²) in [5.41, 5.74) is 0.639. The van der Waals surface area contributed by atoms with E-state index in [1.807, 2.05) is 6.92 Å². The number of carbonyl (C=O) groups is 2. The van der Waals surface area contributed by atoms with Crippen LogP contribution in [0.5, 0.6) is 5.88 Å². The maximum Gasteiger partial charge on any atom is 0.422 e. The van der Waals surface area contributed by atoms with Gasteiger partial charge in [0.1, 0.15) is 0 Å². The summed E-state index contributed by atoms with van der Waals surface area (Å²) in [6.45, 7) is 2.24. The fraction of sp³-hybridized carbons (Fsp3) is 0.588. The Morgan fingerprint density at radius 1 is 1.26 bits per heavy atom. The molecule has 27 heavy (non-hydrogen) atoms. The summed E-state index contributed by atoms with van der Waals surface area (Å²) in [5, 5.41) is 5.53. The van der Waals surface area contributed by atoms with Crippen LogP contribution in [0.1, 0.15) is 25.3 Å². The van der Waals surface area contributed by atoms with Crippen molar-refractivity contribution < 1.29 is 27.5 Å². The molecule has 1 aromatic heterocycles. The molecule has 1 aliphatic heterocycles. The van der Waals surface area contributed by atoms with Crippen LogP contribution in [-0.4, -0.2) is 54.2 Å². The van der Waals surface area contributed by atoms with Gasteiger partial charge in [0, 0.05) is 44.4 Å². The summed E-state index contributed by atoms with van der Waals surface area (Å²) in [4.78, 5) is 29.4. The maximum absolute atomic E-state index is 12.2. The van der Waals surface area contributed by atoms with Crippen LogP contribution in [0.2, 0.25) is 0 Å². The number of nitrogens with one attached hydrogen (secondary N) is 2. The molecule has 1 aromatic rings. The van der Waals surface area contributed by atoms with Gasteiger partial charge in [-0.3, -0.25) is 4.79 Å². The van der Waals surface area contributed by atoms with Crippen LogP contribution >= 0.6 is 0 Å². The van der Waals surface area contributed by atoms with Crippen LogP contribution in [0.4, 0.5) is 18.0 Å². The minimum Gasteiger partial charge on any atom is -0.468 e. The zero-order valence-corrected chi connectivity index (χ0v) is 15.0. The van der Waals surface area contributed by atoms with Crippen LogP contribution in [-0.2, 0) is 11.3 Å². The van der Waals surface area contributed by atoms with Gasteiger partial charge in [-0.25, -0.2) is 9.78 Å². The molecule has 2 heterocycles. The van der Waals surface area contributed by atoms with Gasteiger partial charge in [0.2, 0.25) is 11.8 Å². The second-order valence-electron chi connectivity index (χ2n) is 6.22. The lowest BCUT2D eigenvalue weighted by Gasteiger charge is -2.31. The molecular weight excluding hydrogens is 365 g/mol. The number of halogens is 3. The van der Waals surface area contributed by atoms with Gasteiger partial charge in [-0.05, 0) is 25.3 Å². The molecule has 0 radical (unpaired) electrons. The third-order valence-corrected chi connectivity index (χ3v) is 4.13. The van der Waals surface area contributed by atoms with E-state index >= 15 is 0 Å². The first kappa shape index (κ1) is 20.8. The number of alkyl halides is 3. The van der Waals surface area contributed by atoms with Gasteiger partial charge in [0.25, 0.3) is 0 Å². The van der Waals surface area contributed by atoms with Gasteiger partial charge in [0.05, 0.1) is 0 Å². The number of likely N-dealkylation sites (tertiary alicyclic amines) is 1. The van der Waals surface area contributed by atoms with Crippen molar-refractivity contribution in [1.29, 1.82) is 0 Å². The minimum atomic E-state index is -4.42. The van der Waals surface area contributed by atoms with Crippen molar-refractivity contribution >= 4 is 11.9 Å². The van der Waals surface area contributed by atoms with E-state index in [0.29, 0.717) is 38.0 Å². The molecule has 1 saturated heterocycles. The smallest absolute Gasteiger partial charge is 0.422 e. The molecule has 10 heteroatoms. The lowest BCUT2D eigenvalue weighted by Crippen LogP contribution is -2.46. The monoisotopic (exact) mass is 388 g/mol. The minimum absolute atomic E-state index is 0.0245. The predicted octanol–water partition coefficient (Wildman–Crippen LogP) is 2.08. The quantitative estimate of drug-likeness (QED) is 0.782. The van der Waals surface area contributed by atoms with Crippen LogP contribution in [0, 0.1) is 5.92 Å². The summed E-state index contributed by atoms with van der Waals surface area (Å²) < 4.78 is 40.8. The Bertz CT molecular complexity index is 629. The highest BCUT2D eigenvalue weighted by Crippen LogP contribution is 2.18. The zero-order chi connectivity index (χ0) is 19.9. The van der Waals surface area contributed by atoms with Crippen molar-refractivity contribution in [3.05, 3.63) is 23.9 Å². The van der Waals surface area contributed by atoms with E-state index in [9.17, 15) is 22.8 Å². The number of carbonyl (C=O) groups excluding carboxylic acids is 2. The van der Waals surface area contributed by atoms with Gasteiger partial charge in [0.15, 0.2) is 6.61 Å². The first-order valence-corrected chi connectivity index (χ1v) is 8.73. The third kappa shape index (κ3) is 6.95. The predicted molar refractivity (Wildman–Crippen MR) is 91.0 cm³/mol. The van der Waals surface area contributed by atoms with Crippen molar-refractivity contribution in [2.45, 2.75) is 32.5 Å².